The van der Waals surface area contributed by atoms with Gasteiger partial charge in [-0.05, 0) is 0 Å². The summed E-state index contributed by atoms with van der Waals surface area (Å²) in [6.07, 6.45) is 5.37. The van der Waals surface area contributed by atoms with Crippen LogP contribution in [0.1, 0.15) is 39.5 Å². The van der Waals surface area contributed by atoms with Gasteiger partial charge in [-0.1, -0.05) is 0 Å². The first kappa shape index (κ1) is 12.6. The van der Waals surface area contributed by atoms with E-state index in [4.69, 9.17) is 0 Å². The first-order valence-corrected chi connectivity index (χ1v) is 5.57. The van der Waals surface area contributed by atoms with Crippen molar-refractivity contribution in [1.82, 2.24) is 4.90 Å². The molecule has 1 nitrogen and oxygen atoms in total. The van der Waals surface area contributed by atoms with Crippen LogP contribution in [0, 0.1) is 0 Å². The summed E-state index contributed by atoms with van der Waals surface area (Å²) in [6, 6.07) is 0. The Kier molecular flexibility index (Phi) is 10.1. The van der Waals surface area contributed by atoms with E-state index >= 15 is 0 Å². The molecule has 0 fully saturated rings. The van der Waals surface area contributed by atoms with E-state index in [1.807, 2.05) is 0 Å². The molecule has 0 rings (SSSR count). The average Bonchev–Trinajstić information content (AvgIpc) is 2.06. The second-order valence-electron chi connectivity index (χ2n) is 3.55. The molecule has 0 saturated carbocycles. The molecule has 0 aromatic heterocycles. The fourth-order valence-electron chi connectivity index (χ4n) is 1.55. The number of hydrogen-bond donors (Lipinski definition) is 0. The monoisotopic (exact) mass is 163 g/mol. The molecule has 0 amide bonds. The molecule has 0 saturated heterocycles. The van der Waals surface area contributed by atoms with Crippen LogP contribution in [-0.2, 0) is 0 Å². The topological polar surface area (TPSA) is 3.24 Å². The van der Waals surface area contributed by atoms with Gasteiger partial charge in [-0.15, -0.1) is 0 Å². The average molecular weight is 163 g/mol. The van der Waals surface area contributed by atoms with Crippen LogP contribution in [0.4, 0.5) is 0 Å². The van der Waals surface area contributed by atoms with E-state index < -0.39 is 0 Å². The molecule has 12 heavy (non-hydrogen) atoms. The van der Waals surface area contributed by atoms with Crippen LogP contribution in [0.15, 0.2) is 0 Å². The third kappa shape index (κ3) is 7.22. The number of nitrogens with zero attached hydrogens (tertiary/aromatic N) is 1. The van der Waals surface area contributed by atoms with Crippen molar-refractivity contribution in [2.45, 2.75) is 44.6 Å². The SMILES string of the molecule is [Li][CH2]CCCN(CCC)CCC. The van der Waals surface area contributed by atoms with Crippen molar-refractivity contribution in [2.24, 2.45) is 0 Å². The zero-order valence-corrected chi connectivity index (χ0v) is 9.10. The van der Waals surface area contributed by atoms with Gasteiger partial charge in [0.05, 0.1) is 0 Å². The first-order valence-electron chi connectivity index (χ1n) is 5.57. The molecule has 0 heterocycles. The van der Waals surface area contributed by atoms with Crippen LogP contribution in [0.3, 0.4) is 0 Å². The number of rotatable bonds is 8. The van der Waals surface area contributed by atoms with Gasteiger partial charge in [0, 0.05) is 0 Å². The molecule has 0 N–H and O–H groups in total. The van der Waals surface area contributed by atoms with E-state index in [0.717, 1.165) is 0 Å². The molecule has 0 bridgehead atoms. The standard InChI is InChI=1S/C10H22N.Li/c1-4-7-10-11(8-5-2)9-6-3;/h1,4-10H2,2-3H3;. The van der Waals surface area contributed by atoms with Crippen molar-refractivity contribution in [3.63, 3.8) is 0 Å². The number of hydrogen-bond acceptors (Lipinski definition) is 1. The second-order valence-corrected chi connectivity index (χ2v) is 3.55. The summed E-state index contributed by atoms with van der Waals surface area (Å²) < 4.78 is 0. The van der Waals surface area contributed by atoms with Crippen LogP contribution < -0.4 is 0 Å². The fraction of sp³-hybridized carbons (Fsp3) is 1.00. The minimum absolute atomic E-state index is 1.29. The van der Waals surface area contributed by atoms with Crippen molar-refractivity contribution in [1.29, 1.82) is 0 Å². The summed E-state index contributed by atoms with van der Waals surface area (Å²) in [6.45, 7) is 8.43. The van der Waals surface area contributed by atoms with Gasteiger partial charge >= 0.3 is 86.9 Å². The third-order valence-electron chi connectivity index (χ3n) is 2.16. The van der Waals surface area contributed by atoms with Crippen molar-refractivity contribution in [2.75, 3.05) is 19.6 Å². The van der Waals surface area contributed by atoms with E-state index in [-0.39, 0.29) is 0 Å². The van der Waals surface area contributed by atoms with Crippen LogP contribution >= 0.6 is 0 Å². The van der Waals surface area contributed by atoms with Gasteiger partial charge in [-0.2, -0.15) is 0 Å². The van der Waals surface area contributed by atoms with Gasteiger partial charge < -0.3 is 0 Å². The summed E-state index contributed by atoms with van der Waals surface area (Å²) >= 11 is 2.27. The quantitative estimate of drug-likeness (QED) is 0.392. The normalized spacial score (nSPS) is 11.1. The summed E-state index contributed by atoms with van der Waals surface area (Å²) in [4.78, 5) is 2.59. The zero-order chi connectivity index (χ0) is 9.23. The van der Waals surface area contributed by atoms with Crippen LogP contribution in [0.25, 0.3) is 0 Å². The maximum atomic E-state index is 2.59. The number of unbranched alkanes of at least 4 members (excludes halogenated alkanes) is 1. The molecule has 0 aliphatic heterocycles. The Bertz CT molecular complexity index is 79.9. The van der Waals surface area contributed by atoms with Crippen LogP contribution in [0.5, 0.6) is 0 Å². The molecule has 0 aliphatic carbocycles. The van der Waals surface area contributed by atoms with E-state index in [0.29, 0.717) is 0 Å². The molecule has 0 atom stereocenters. The van der Waals surface area contributed by atoms with Crippen molar-refractivity contribution in [3.8, 4) is 0 Å². The molecule has 2 heteroatoms. The van der Waals surface area contributed by atoms with Gasteiger partial charge in [0.15, 0.2) is 0 Å². The van der Waals surface area contributed by atoms with Gasteiger partial charge in [-0.25, -0.2) is 0 Å². The molecule has 0 aliphatic rings. The molecular formula is C10H22LiN. The molecule has 0 radical (unpaired) electrons. The fourth-order valence-corrected chi connectivity index (χ4v) is 1.55. The third-order valence-corrected chi connectivity index (χ3v) is 2.16. The summed E-state index contributed by atoms with van der Waals surface area (Å²) in [5.74, 6) is 0. The molecular weight excluding hydrogens is 141 g/mol. The van der Waals surface area contributed by atoms with Crippen LogP contribution in [-0.4, -0.2) is 42.2 Å². The van der Waals surface area contributed by atoms with Crippen molar-refractivity contribution in [3.05, 3.63) is 0 Å². The van der Waals surface area contributed by atoms with E-state index in [1.165, 1.54) is 50.4 Å². The van der Waals surface area contributed by atoms with E-state index in [9.17, 15) is 0 Å². The predicted molar refractivity (Wildman–Crippen MR) is 56.8 cm³/mol. The van der Waals surface area contributed by atoms with E-state index in [1.54, 1.807) is 0 Å². The molecule has 0 aromatic carbocycles. The Balaban J connectivity index is 3.34. The Morgan fingerprint density at radius 1 is 0.917 bits per heavy atom. The summed E-state index contributed by atoms with van der Waals surface area (Å²) in [5, 5.41) is 1.34. The van der Waals surface area contributed by atoms with Crippen molar-refractivity contribution >= 4 is 17.7 Å². The predicted octanol–water partition coefficient (Wildman–Crippen LogP) is 2.48. The second kappa shape index (κ2) is 9.64. The molecule has 0 unspecified atom stereocenters. The van der Waals surface area contributed by atoms with Gasteiger partial charge in [0.1, 0.15) is 0 Å². The van der Waals surface area contributed by atoms with Gasteiger partial charge in [0.2, 0.25) is 0 Å². The van der Waals surface area contributed by atoms with E-state index in [2.05, 4.69) is 36.5 Å². The maximum absolute atomic E-state index is 2.59. The van der Waals surface area contributed by atoms with Gasteiger partial charge in [-0.3, -0.25) is 0 Å². The first-order chi connectivity index (χ1) is 5.85. The van der Waals surface area contributed by atoms with Gasteiger partial charge in [0.25, 0.3) is 0 Å². The molecule has 0 aromatic rings. The Morgan fingerprint density at radius 2 is 1.50 bits per heavy atom. The summed E-state index contributed by atoms with van der Waals surface area (Å²) in [5.41, 5.74) is 0. The molecule has 0 spiro atoms. The molecule has 68 valence electrons. The Hall–Kier alpha value is 0.557. The van der Waals surface area contributed by atoms with Crippen molar-refractivity contribution < 1.29 is 0 Å². The Labute approximate surface area is 87.1 Å². The summed E-state index contributed by atoms with van der Waals surface area (Å²) in [7, 11) is 0. The zero-order valence-electron chi connectivity index (χ0n) is 9.10. The van der Waals surface area contributed by atoms with Crippen LogP contribution in [0.2, 0.25) is 5.09 Å². The Morgan fingerprint density at radius 3 is 1.92 bits per heavy atom. The minimum atomic E-state index is 1.29.